The summed E-state index contributed by atoms with van der Waals surface area (Å²) in [6.45, 7) is 3.77. The van der Waals surface area contributed by atoms with Crippen LogP contribution in [0.3, 0.4) is 0 Å². The fourth-order valence-corrected chi connectivity index (χ4v) is 2.37. The quantitative estimate of drug-likeness (QED) is 0.485. The highest BCUT2D eigenvalue weighted by Gasteiger charge is 2.25. The highest BCUT2D eigenvalue weighted by atomic mass is 16.6. The van der Waals surface area contributed by atoms with Crippen LogP contribution in [0.2, 0.25) is 0 Å². The maximum absolute atomic E-state index is 12.5. The summed E-state index contributed by atoms with van der Waals surface area (Å²) in [7, 11) is 1.59. The normalized spacial score (nSPS) is 11.3. The van der Waals surface area contributed by atoms with E-state index in [9.17, 15) is 4.79 Å². The molecule has 140 valence electrons. The number of nitrogens with two attached hydrogens (primary N) is 1. The van der Waals surface area contributed by atoms with Gasteiger partial charge in [-0.15, -0.1) is 5.10 Å². The lowest BCUT2D eigenvalue weighted by Gasteiger charge is -2.08. The van der Waals surface area contributed by atoms with Crippen molar-refractivity contribution in [3.05, 3.63) is 41.2 Å². The maximum atomic E-state index is 12.5. The average Bonchev–Trinajstić information content (AvgIpc) is 3.28. The number of hydrazone groups is 1. The Morgan fingerprint density at radius 2 is 2.07 bits per heavy atom. The van der Waals surface area contributed by atoms with Crippen LogP contribution in [-0.2, 0) is 0 Å². The predicted octanol–water partition coefficient (Wildman–Crippen LogP) is 1.13. The third-order valence-electron chi connectivity index (χ3n) is 3.66. The lowest BCUT2D eigenvalue weighted by Crippen LogP contribution is -2.21. The van der Waals surface area contributed by atoms with Gasteiger partial charge in [-0.1, -0.05) is 19.1 Å². The number of nitrogens with one attached hydrogen (secondary N) is 1. The molecule has 11 heteroatoms. The van der Waals surface area contributed by atoms with Gasteiger partial charge in [0, 0.05) is 0 Å². The lowest BCUT2D eigenvalue weighted by molar-refractivity contribution is 0.0948. The number of hydrogen-bond donors (Lipinski definition) is 2. The number of carbonyl (C=O) groups excluding carboxylic acids is 1. The van der Waals surface area contributed by atoms with Crippen LogP contribution in [0.15, 0.2) is 34.0 Å². The Kier molecular flexibility index (Phi) is 5.11. The number of hydrogen-bond acceptors (Lipinski definition) is 9. The Morgan fingerprint density at radius 3 is 2.67 bits per heavy atom. The summed E-state index contributed by atoms with van der Waals surface area (Å²) in [5.41, 5.74) is 9.56. The summed E-state index contributed by atoms with van der Waals surface area (Å²) in [6, 6.07) is 7.21. The van der Waals surface area contributed by atoms with E-state index in [4.69, 9.17) is 10.5 Å². The highest BCUT2D eigenvalue weighted by Crippen LogP contribution is 2.22. The molecule has 0 atom stereocenters. The molecule has 0 radical (unpaired) electrons. The number of amides is 1. The SMILES string of the molecule is COc1ccc(/C=N\NC(=O)c2nnn(-c3nonc3N)c2C(C)C)cc1. The van der Waals surface area contributed by atoms with E-state index >= 15 is 0 Å². The van der Waals surface area contributed by atoms with E-state index in [2.05, 4.69) is 35.8 Å². The first kappa shape index (κ1) is 18.0. The number of aromatic nitrogens is 5. The molecule has 0 unspecified atom stereocenters. The van der Waals surface area contributed by atoms with Crippen molar-refractivity contribution in [2.45, 2.75) is 19.8 Å². The molecule has 27 heavy (non-hydrogen) atoms. The van der Waals surface area contributed by atoms with Crippen LogP contribution in [0.1, 0.15) is 41.5 Å². The smallest absolute Gasteiger partial charge is 0.293 e. The van der Waals surface area contributed by atoms with Gasteiger partial charge in [0.15, 0.2) is 5.69 Å². The fraction of sp³-hybridized carbons (Fsp3) is 0.250. The maximum Gasteiger partial charge on any atom is 0.293 e. The molecule has 2 heterocycles. The van der Waals surface area contributed by atoms with Gasteiger partial charge in [0.1, 0.15) is 5.75 Å². The number of anilines is 1. The largest absolute Gasteiger partial charge is 0.497 e. The van der Waals surface area contributed by atoms with Gasteiger partial charge >= 0.3 is 0 Å². The minimum absolute atomic E-state index is 0.0475. The van der Waals surface area contributed by atoms with Gasteiger partial charge in [-0.05, 0) is 46.1 Å². The number of ether oxygens (including phenoxy) is 1. The van der Waals surface area contributed by atoms with Crippen molar-refractivity contribution < 1.29 is 14.2 Å². The van der Waals surface area contributed by atoms with Gasteiger partial charge < -0.3 is 10.5 Å². The van der Waals surface area contributed by atoms with Crippen molar-refractivity contribution in [1.29, 1.82) is 0 Å². The van der Waals surface area contributed by atoms with Crippen LogP contribution < -0.4 is 15.9 Å². The number of methoxy groups -OCH3 is 1. The summed E-state index contributed by atoms with van der Waals surface area (Å²) >= 11 is 0. The van der Waals surface area contributed by atoms with Crippen molar-refractivity contribution in [1.82, 2.24) is 30.7 Å². The molecule has 0 aliphatic rings. The van der Waals surface area contributed by atoms with Gasteiger partial charge in [0.25, 0.3) is 5.91 Å². The molecule has 1 aromatic carbocycles. The molecule has 0 aliphatic carbocycles. The first-order valence-corrected chi connectivity index (χ1v) is 8.02. The van der Waals surface area contributed by atoms with Crippen molar-refractivity contribution in [2.75, 3.05) is 12.8 Å². The Hall–Kier alpha value is -3.76. The van der Waals surface area contributed by atoms with E-state index in [0.29, 0.717) is 5.69 Å². The topological polar surface area (TPSA) is 146 Å². The van der Waals surface area contributed by atoms with Gasteiger partial charge in [0.05, 0.1) is 19.0 Å². The summed E-state index contributed by atoms with van der Waals surface area (Å²) in [4.78, 5) is 12.5. The Balaban J connectivity index is 1.79. The van der Waals surface area contributed by atoms with Crippen molar-refractivity contribution >= 4 is 17.9 Å². The summed E-state index contributed by atoms with van der Waals surface area (Å²) in [5.74, 6) is 0.349. The molecule has 0 spiro atoms. The zero-order valence-corrected chi connectivity index (χ0v) is 14.9. The Labute approximate surface area is 154 Å². The minimum Gasteiger partial charge on any atom is -0.497 e. The molecule has 0 fully saturated rings. The second kappa shape index (κ2) is 7.64. The van der Waals surface area contributed by atoms with Crippen LogP contribution in [-0.4, -0.2) is 44.5 Å². The molecular weight excluding hydrogens is 352 g/mol. The van der Waals surface area contributed by atoms with Crippen molar-refractivity contribution in [3.8, 4) is 11.6 Å². The minimum atomic E-state index is -0.510. The van der Waals surface area contributed by atoms with Crippen LogP contribution in [0.25, 0.3) is 5.82 Å². The molecule has 0 saturated carbocycles. The fourth-order valence-electron chi connectivity index (χ4n) is 2.37. The van der Waals surface area contributed by atoms with Crippen LogP contribution in [0.4, 0.5) is 5.82 Å². The Bertz CT molecular complexity index is 958. The standard InChI is InChI=1S/C16H18N8O3/c1-9(2)13-12(19-23-24(13)15-14(17)21-27-22-15)16(25)20-18-8-10-4-6-11(26-3)7-5-10/h4-9H,1-3H3,(H2,17,21)(H,20,25)/b18-8-. The molecule has 0 bridgehead atoms. The van der Waals surface area contributed by atoms with Crippen LogP contribution in [0, 0.1) is 0 Å². The number of nitrogens with zero attached hydrogens (tertiary/aromatic N) is 6. The highest BCUT2D eigenvalue weighted by molar-refractivity contribution is 5.94. The zero-order valence-electron chi connectivity index (χ0n) is 14.9. The van der Waals surface area contributed by atoms with Crippen molar-refractivity contribution in [2.24, 2.45) is 5.10 Å². The molecule has 3 rings (SSSR count). The van der Waals surface area contributed by atoms with Gasteiger partial charge in [-0.2, -0.15) is 9.78 Å². The number of carbonyl (C=O) groups is 1. The van der Waals surface area contributed by atoms with Crippen molar-refractivity contribution in [3.63, 3.8) is 0 Å². The van der Waals surface area contributed by atoms with Gasteiger partial charge in [0.2, 0.25) is 11.6 Å². The number of nitrogen functional groups attached to an aromatic ring is 1. The average molecular weight is 370 g/mol. The van der Waals surface area contributed by atoms with E-state index in [0.717, 1.165) is 11.3 Å². The summed E-state index contributed by atoms with van der Waals surface area (Å²) in [6.07, 6.45) is 1.51. The first-order valence-electron chi connectivity index (χ1n) is 8.02. The van der Waals surface area contributed by atoms with E-state index in [1.165, 1.54) is 10.9 Å². The molecular formula is C16H18N8O3. The summed E-state index contributed by atoms with van der Waals surface area (Å²) < 4.78 is 11.0. The second-order valence-corrected chi connectivity index (χ2v) is 5.84. The lowest BCUT2D eigenvalue weighted by atomic mass is 10.1. The van der Waals surface area contributed by atoms with E-state index < -0.39 is 5.91 Å². The van der Waals surface area contributed by atoms with E-state index in [-0.39, 0.29) is 23.2 Å². The van der Waals surface area contributed by atoms with E-state index in [1.807, 2.05) is 26.0 Å². The van der Waals surface area contributed by atoms with Gasteiger partial charge in [-0.25, -0.2) is 10.1 Å². The van der Waals surface area contributed by atoms with Gasteiger partial charge in [-0.3, -0.25) is 4.79 Å². The molecule has 3 N–H and O–H groups in total. The zero-order chi connectivity index (χ0) is 19.4. The van der Waals surface area contributed by atoms with Crippen LogP contribution >= 0.6 is 0 Å². The van der Waals surface area contributed by atoms with E-state index in [1.54, 1.807) is 19.2 Å². The molecule has 2 aromatic heterocycles. The second-order valence-electron chi connectivity index (χ2n) is 5.84. The number of rotatable bonds is 6. The molecule has 1 amide bonds. The monoisotopic (exact) mass is 370 g/mol. The predicted molar refractivity (Wildman–Crippen MR) is 95.8 cm³/mol. The molecule has 3 aromatic rings. The van der Waals surface area contributed by atoms with Crippen LogP contribution in [0.5, 0.6) is 5.75 Å². The Morgan fingerprint density at radius 1 is 1.33 bits per heavy atom. The third kappa shape index (κ3) is 3.76. The third-order valence-corrected chi connectivity index (χ3v) is 3.66. The summed E-state index contributed by atoms with van der Waals surface area (Å²) in [5, 5.41) is 19.0. The molecule has 0 saturated heterocycles. The first-order chi connectivity index (χ1) is 13.0. The molecule has 0 aliphatic heterocycles. The molecule has 11 nitrogen and oxygen atoms in total. The number of benzene rings is 1.